The van der Waals surface area contributed by atoms with Crippen molar-refractivity contribution in [1.29, 1.82) is 0 Å². The predicted octanol–water partition coefficient (Wildman–Crippen LogP) is 3.90. The first-order chi connectivity index (χ1) is 12.5. The van der Waals surface area contributed by atoms with Gasteiger partial charge in [0.25, 0.3) is 0 Å². The van der Waals surface area contributed by atoms with Crippen molar-refractivity contribution in [2.45, 2.75) is 24.0 Å². The molecule has 0 aliphatic heterocycles. The molecular weight excluding hydrogens is 390 g/mol. The van der Waals surface area contributed by atoms with E-state index in [4.69, 9.17) is 9.47 Å². The highest BCUT2D eigenvalue weighted by atomic mass is 32.2. The van der Waals surface area contributed by atoms with E-state index < -0.39 is 38.5 Å². The monoisotopic (exact) mass is 407 g/mol. The van der Waals surface area contributed by atoms with Crippen LogP contribution in [0, 0.1) is 5.82 Å². The number of benzene rings is 2. The molecule has 0 radical (unpaired) electrons. The summed E-state index contributed by atoms with van der Waals surface area (Å²) in [6.45, 7) is 1.35. The van der Waals surface area contributed by atoms with Crippen LogP contribution in [-0.2, 0) is 16.2 Å². The van der Waals surface area contributed by atoms with Gasteiger partial charge in [0.2, 0.25) is 10.0 Å². The SMILES string of the molecule is COc1cc(F)c(S(=O)(=O)NC(C)c2cccc(C(F)(F)F)c2)cc1OC. The van der Waals surface area contributed by atoms with Crippen LogP contribution in [0.1, 0.15) is 24.1 Å². The maximum Gasteiger partial charge on any atom is 0.416 e. The van der Waals surface area contributed by atoms with Crippen molar-refractivity contribution in [3.8, 4) is 11.5 Å². The third-order valence-electron chi connectivity index (χ3n) is 3.77. The number of alkyl halides is 3. The number of rotatable bonds is 6. The average molecular weight is 407 g/mol. The van der Waals surface area contributed by atoms with E-state index in [9.17, 15) is 26.0 Å². The van der Waals surface area contributed by atoms with E-state index in [0.29, 0.717) is 0 Å². The molecule has 0 heterocycles. The zero-order valence-corrected chi connectivity index (χ0v) is 15.4. The summed E-state index contributed by atoms with van der Waals surface area (Å²) in [6.07, 6.45) is -4.57. The normalized spacial score (nSPS) is 13.3. The average Bonchev–Trinajstić information content (AvgIpc) is 2.60. The van der Waals surface area contributed by atoms with Gasteiger partial charge in [-0.15, -0.1) is 0 Å². The Labute approximate surface area is 154 Å². The molecule has 0 saturated carbocycles. The molecule has 0 fully saturated rings. The van der Waals surface area contributed by atoms with Gasteiger partial charge in [0, 0.05) is 18.2 Å². The van der Waals surface area contributed by atoms with Gasteiger partial charge in [-0.1, -0.05) is 12.1 Å². The molecule has 0 bridgehead atoms. The number of sulfonamides is 1. The molecule has 1 atom stereocenters. The van der Waals surface area contributed by atoms with Crippen LogP contribution in [-0.4, -0.2) is 22.6 Å². The molecule has 2 aromatic carbocycles. The Balaban J connectivity index is 2.36. The molecule has 0 spiro atoms. The highest BCUT2D eigenvalue weighted by molar-refractivity contribution is 7.89. The third-order valence-corrected chi connectivity index (χ3v) is 5.33. The second kappa shape index (κ2) is 7.73. The fraction of sp³-hybridized carbons (Fsp3) is 0.294. The molecule has 5 nitrogen and oxygen atoms in total. The van der Waals surface area contributed by atoms with E-state index in [1.807, 2.05) is 0 Å². The minimum Gasteiger partial charge on any atom is -0.493 e. The van der Waals surface area contributed by atoms with E-state index >= 15 is 0 Å². The number of hydrogen-bond acceptors (Lipinski definition) is 4. The molecule has 0 aliphatic rings. The first kappa shape index (κ1) is 21.0. The lowest BCUT2D eigenvalue weighted by atomic mass is 10.1. The molecule has 0 aromatic heterocycles. The van der Waals surface area contributed by atoms with Crippen LogP contribution in [0.3, 0.4) is 0 Å². The van der Waals surface area contributed by atoms with Crippen LogP contribution in [0.15, 0.2) is 41.3 Å². The molecule has 148 valence electrons. The van der Waals surface area contributed by atoms with Gasteiger partial charge in [-0.2, -0.15) is 13.2 Å². The highest BCUT2D eigenvalue weighted by Crippen LogP contribution is 2.33. The third kappa shape index (κ3) is 4.69. The van der Waals surface area contributed by atoms with Crippen molar-refractivity contribution in [3.63, 3.8) is 0 Å². The van der Waals surface area contributed by atoms with Crippen molar-refractivity contribution < 1.29 is 35.5 Å². The Hall–Kier alpha value is -2.33. The number of nitrogens with one attached hydrogen (secondary N) is 1. The molecule has 1 N–H and O–H groups in total. The summed E-state index contributed by atoms with van der Waals surface area (Å²) >= 11 is 0. The van der Waals surface area contributed by atoms with Gasteiger partial charge in [-0.3, -0.25) is 0 Å². The van der Waals surface area contributed by atoms with Gasteiger partial charge in [0.15, 0.2) is 11.5 Å². The molecule has 0 aliphatic carbocycles. The lowest BCUT2D eigenvalue weighted by Crippen LogP contribution is -2.28. The number of methoxy groups -OCH3 is 2. The van der Waals surface area contributed by atoms with Crippen molar-refractivity contribution in [2.24, 2.45) is 0 Å². The summed E-state index contributed by atoms with van der Waals surface area (Å²) in [5.74, 6) is -1.10. The molecule has 2 rings (SSSR count). The van der Waals surface area contributed by atoms with E-state index in [2.05, 4.69) is 4.72 Å². The number of halogens is 4. The van der Waals surface area contributed by atoms with E-state index in [-0.39, 0.29) is 17.1 Å². The zero-order valence-electron chi connectivity index (χ0n) is 14.6. The van der Waals surface area contributed by atoms with Crippen molar-refractivity contribution in [3.05, 3.63) is 53.3 Å². The lowest BCUT2D eigenvalue weighted by molar-refractivity contribution is -0.137. The largest absolute Gasteiger partial charge is 0.493 e. The van der Waals surface area contributed by atoms with Gasteiger partial charge < -0.3 is 9.47 Å². The lowest BCUT2D eigenvalue weighted by Gasteiger charge is -2.17. The van der Waals surface area contributed by atoms with E-state index in [1.165, 1.54) is 33.3 Å². The smallest absolute Gasteiger partial charge is 0.416 e. The van der Waals surface area contributed by atoms with Crippen LogP contribution < -0.4 is 14.2 Å². The Morgan fingerprint density at radius 3 is 2.19 bits per heavy atom. The van der Waals surface area contributed by atoms with Crippen LogP contribution in [0.4, 0.5) is 17.6 Å². The van der Waals surface area contributed by atoms with Crippen molar-refractivity contribution >= 4 is 10.0 Å². The van der Waals surface area contributed by atoms with Crippen LogP contribution in [0.2, 0.25) is 0 Å². The van der Waals surface area contributed by atoms with Gasteiger partial charge in [0.05, 0.1) is 19.8 Å². The Morgan fingerprint density at radius 2 is 1.63 bits per heavy atom. The summed E-state index contributed by atoms with van der Waals surface area (Å²) in [5, 5.41) is 0. The highest BCUT2D eigenvalue weighted by Gasteiger charge is 2.31. The minimum atomic E-state index is -4.57. The van der Waals surface area contributed by atoms with Crippen LogP contribution in [0.5, 0.6) is 11.5 Å². The topological polar surface area (TPSA) is 64.6 Å². The second-order valence-corrected chi connectivity index (χ2v) is 7.29. The minimum absolute atomic E-state index is 0.000114. The summed E-state index contributed by atoms with van der Waals surface area (Å²) in [4.78, 5) is -0.709. The summed E-state index contributed by atoms with van der Waals surface area (Å²) in [6, 6.07) is 4.96. The zero-order chi connectivity index (χ0) is 20.4. The summed E-state index contributed by atoms with van der Waals surface area (Å²) in [7, 11) is -1.87. The first-order valence-electron chi connectivity index (χ1n) is 7.60. The summed E-state index contributed by atoms with van der Waals surface area (Å²) in [5.41, 5.74) is -0.836. The van der Waals surface area contributed by atoms with Crippen molar-refractivity contribution in [1.82, 2.24) is 4.72 Å². The Bertz CT molecular complexity index is 929. The van der Waals surface area contributed by atoms with Gasteiger partial charge in [-0.05, 0) is 24.6 Å². The predicted molar refractivity (Wildman–Crippen MR) is 89.7 cm³/mol. The Kier molecular flexibility index (Phi) is 6.01. The maximum absolute atomic E-state index is 14.2. The van der Waals surface area contributed by atoms with Gasteiger partial charge in [0.1, 0.15) is 10.7 Å². The van der Waals surface area contributed by atoms with Crippen molar-refractivity contribution in [2.75, 3.05) is 14.2 Å². The van der Waals surface area contributed by atoms with Gasteiger partial charge >= 0.3 is 6.18 Å². The molecule has 0 amide bonds. The fourth-order valence-corrected chi connectivity index (χ4v) is 3.70. The molecule has 1 unspecified atom stereocenters. The first-order valence-corrected chi connectivity index (χ1v) is 9.09. The number of hydrogen-bond donors (Lipinski definition) is 1. The molecular formula is C17H17F4NO4S. The molecule has 27 heavy (non-hydrogen) atoms. The quantitative estimate of drug-likeness (QED) is 0.738. The second-order valence-electron chi connectivity index (χ2n) is 5.60. The Morgan fingerprint density at radius 1 is 1.04 bits per heavy atom. The van der Waals surface area contributed by atoms with Crippen LogP contribution in [0.25, 0.3) is 0 Å². The van der Waals surface area contributed by atoms with Crippen LogP contribution >= 0.6 is 0 Å². The fourth-order valence-electron chi connectivity index (χ4n) is 2.39. The van der Waals surface area contributed by atoms with E-state index in [0.717, 1.165) is 24.3 Å². The summed E-state index contributed by atoms with van der Waals surface area (Å²) < 4.78 is 89.8. The molecule has 0 saturated heterocycles. The number of ether oxygens (including phenoxy) is 2. The van der Waals surface area contributed by atoms with E-state index in [1.54, 1.807) is 0 Å². The molecule has 2 aromatic rings. The molecule has 10 heteroatoms. The maximum atomic E-state index is 14.2. The van der Waals surface area contributed by atoms with Gasteiger partial charge in [-0.25, -0.2) is 17.5 Å². The standard InChI is InChI=1S/C17H17F4NO4S/c1-10(11-5-4-6-12(7-11)17(19,20)21)22-27(23,24)16-9-15(26-3)14(25-2)8-13(16)18/h4-10,22H,1-3H3.